The van der Waals surface area contributed by atoms with Gasteiger partial charge in [-0.3, -0.25) is 4.79 Å². The molecule has 1 N–H and O–H groups in total. The van der Waals surface area contributed by atoms with E-state index in [2.05, 4.69) is 85.3 Å². The Kier molecular flexibility index (Phi) is 6.36. The Hall–Kier alpha value is -3.09. The first kappa shape index (κ1) is 25.2. The highest BCUT2D eigenvalue weighted by Crippen LogP contribution is 2.66. The van der Waals surface area contributed by atoms with Crippen LogP contribution < -0.4 is 4.90 Å². The van der Waals surface area contributed by atoms with Gasteiger partial charge in [-0.1, -0.05) is 60.9 Å². The van der Waals surface area contributed by atoms with Crippen LogP contribution in [0.4, 0.5) is 5.69 Å². The lowest BCUT2D eigenvalue weighted by atomic mass is 9.51. The smallest absolute Gasteiger partial charge is 0.156 e. The molecule has 0 aromatic heterocycles. The lowest BCUT2D eigenvalue weighted by Gasteiger charge is -2.53. The van der Waals surface area contributed by atoms with Crippen molar-refractivity contribution >= 4 is 11.5 Å². The van der Waals surface area contributed by atoms with Crippen LogP contribution in [0.5, 0.6) is 0 Å². The monoisotopic (exact) mass is 505 g/mol. The molecular weight excluding hydrogens is 466 g/mol. The summed E-state index contributed by atoms with van der Waals surface area (Å²) in [4.78, 5) is 14.6. The van der Waals surface area contributed by atoms with Gasteiger partial charge >= 0.3 is 0 Å². The minimum Gasteiger partial charge on any atom is -0.377 e. The molecule has 0 spiro atoms. The topological polar surface area (TPSA) is 40.5 Å². The van der Waals surface area contributed by atoms with E-state index in [0.29, 0.717) is 18.3 Å². The second kappa shape index (κ2) is 9.58. The quantitative estimate of drug-likeness (QED) is 0.456. The van der Waals surface area contributed by atoms with Gasteiger partial charge in [0.05, 0.1) is 0 Å². The average Bonchev–Trinajstić information content (AvgIpc) is 3.18. The predicted octanol–water partition coefficient (Wildman–Crippen LogP) is 6.98. The molecule has 0 aliphatic heterocycles. The molecule has 6 rings (SSSR count). The third kappa shape index (κ3) is 4.05. The fraction of sp³-hybridized carbons (Fsp3) is 0.457. The van der Waals surface area contributed by atoms with Crippen molar-refractivity contribution < 1.29 is 9.90 Å². The first-order chi connectivity index (χ1) is 18.3. The van der Waals surface area contributed by atoms with Gasteiger partial charge in [-0.25, -0.2) is 0 Å². The van der Waals surface area contributed by atoms with Gasteiger partial charge in [-0.2, -0.15) is 0 Å². The van der Waals surface area contributed by atoms with Gasteiger partial charge in [0, 0.05) is 37.0 Å². The van der Waals surface area contributed by atoms with E-state index >= 15 is 0 Å². The van der Waals surface area contributed by atoms with Gasteiger partial charge in [0.1, 0.15) is 5.60 Å². The van der Waals surface area contributed by atoms with E-state index in [1.807, 2.05) is 13.0 Å². The van der Waals surface area contributed by atoms with E-state index in [1.165, 1.54) is 28.0 Å². The van der Waals surface area contributed by atoms with Gasteiger partial charge < -0.3 is 10.0 Å². The van der Waals surface area contributed by atoms with E-state index in [9.17, 15) is 9.90 Å². The highest BCUT2D eigenvalue weighted by Gasteiger charge is 2.62. The van der Waals surface area contributed by atoms with Crippen LogP contribution in [0, 0.1) is 29.1 Å². The highest BCUT2D eigenvalue weighted by atomic mass is 16.3. The van der Waals surface area contributed by atoms with Gasteiger partial charge in [0.15, 0.2) is 5.78 Å². The normalized spacial score (nSPS) is 31.9. The maximum atomic E-state index is 12.3. The van der Waals surface area contributed by atoms with Crippen molar-refractivity contribution in [2.45, 2.75) is 76.9 Å². The first-order valence-corrected chi connectivity index (χ1v) is 14.3. The molecule has 0 unspecified atom stereocenters. The molecule has 0 bridgehead atoms. The van der Waals surface area contributed by atoms with Crippen molar-refractivity contribution in [1.82, 2.24) is 0 Å². The van der Waals surface area contributed by atoms with Crippen molar-refractivity contribution in [2.75, 3.05) is 11.9 Å². The lowest BCUT2D eigenvalue weighted by Crippen LogP contribution is -2.51. The Bertz CT molecular complexity index is 1360. The van der Waals surface area contributed by atoms with Crippen LogP contribution in [-0.4, -0.2) is 23.5 Å². The van der Waals surface area contributed by atoms with E-state index in [0.717, 1.165) is 45.1 Å². The van der Waals surface area contributed by atoms with Crippen LogP contribution in [-0.2, 0) is 11.3 Å². The molecular formula is C35H39NO2. The third-order valence-electron chi connectivity index (χ3n) is 10.2. The number of fused-ring (bicyclic) bond motifs is 4. The van der Waals surface area contributed by atoms with Gasteiger partial charge in [-0.15, -0.1) is 5.92 Å². The molecule has 196 valence electrons. The second-order valence-electron chi connectivity index (χ2n) is 12.2. The van der Waals surface area contributed by atoms with Crippen molar-refractivity contribution in [1.29, 1.82) is 0 Å². The lowest BCUT2D eigenvalue weighted by molar-refractivity contribution is -0.114. The number of carbonyl (C=O) groups is 1. The maximum Gasteiger partial charge on any atom is 0.156 e. The molecule has 3 heteroatoms. The maximum absolute atomic E-state index is 12.3. The zero-order chi connectivity index (χ0) is 26.5. The molecule has 0 radical (unpaired) electrons. The molecule has 38 heavy (non-hydrogen) atoms. The summed E-state index contributed by atoms with van der Waals surface area (Å²) in [6, 6.07) is 19.7. The summed E-state index contributed by atoms with van der Waals surface area (Å²) in [5.41, 5.74) is 6.94. The summed E-state index contributed by atoms with van der Waals surface area (Å²) in [5, 5.41) is 11.9. The molecule has 3 nitrogen and oxygen atoms in total. The van der Waals surface area contributed by atoms with Gasteiger partial charge in [-0.05, 0) is 97.8 Å². The SMILES string of the molecule is CC#C[C@]1(O)CC[C@H]2[C@@H]3CCC4=CC(=O)CCC4=C3[C@@H](c3ccc(N(C)Cc4ccccc4)cc3)C[C@@]21C. The Morgan fingerprint density at radius 2 is 1.79 bits per heavy atom. The number of anilines is 1. The summed E-state index contributed by atoms with van der Waals surface area (Å²) >= 11 is 0. The summed E-state index contributed by atoms with van der Waals surface area (Å²) in [6.07, 6.45) is 8.16. The number of hydrogen-bond acceptors (Lipinski definition) is 3. The minimum atomic E-state index is -0.935. The van der Waals surface area contributed by atoms with Gasteiger partial charge in [0.2, 0.25) is 0 Å². The summed E-state index contributed by atoms with van der Waals surface area (Å²) in [6.45, 7) is 5.02. The first-order valence-electron chi connectivity index (χ1n) is 14.3. The van der Waals surface area contributed by atoms with Crippen molar-refractivity contribution in [2.24, 2.45) is 17.3 Å². The number of carbonyl (C=O) groups excluding carboxylic acids is 1. The van der Waals surface area contributed by atoms with E-state index in [-0.39, 0.29) is 17.1 Å². The third-order valence-corrected chi connectivity index (χ3v) is 10.2. The molecule has 4 aliphatic rings. The fourth-order valence-electron chi connectivity index (χ4n) is 8.29. The number of hydrogen-bond donors (Lipinski definition) is 1. The van der Waals surface area contributed by atoms with E-state index in [1.54, 1.807) is 5.57 Å². The Morgan fingerprint density at radius 1 is 1.03 bits per heavy atom. The Morgan fingerprint density at radius 3 is 2.53 bits per heavy atom. The Balaban J connectivity index is 1.39. The van der Waals surface area contributed by atoms with Gasteiger partial charge in [0.25, 0.3) is 0 Å². The predicted molar refractivity (Wildman–Crippen MR) is 154 cm³/mol. The number of aliphatic hydroxyl groups is 1. The molecule has 2 aromatic carbocycles. The standard InChI is InChI=1S/C35H39NO2/c1-4-19-35(38)20-18-32-30-16-12-26-21-28(37)15-17-29(26)33(30)31(22-34(32,35)2)25-10-13-27(14-11-25)36(3)23-24-8-6-5-7-9-24/h5-11,13-14,21,30-32,38H,12,15-18,20,22-23H2,1-3H3/t30-,31+,32-,34-,35-/m0/s1. The van der Waals surface area contributed by atoms with Crippen LogP contribution in [0.25, 0.3) is 0 Å². The number of nitrogens with zero attached hydrogens (tertiary/aromatic N) is 1. The Labute approximate surface area is 227 Å². The molecule has 4 aliphatic carbocycles. The molecule has 2 saturated carbocycles. The fourth-order valence-corrected chi connectivity index (χ4v) is 8.29. The number of allylic oxidation sites excluding steroid dienone is 4. The van der Waals surface area contributed by atoms with Crippen molar-refractivity contribution in [3.8, 4) is 11.8 Å². The summed E-state index contributed by atoms with van der Waals surface area (Å²) < 4.78 is 0. The van der Waals surface area contributed by atoms with E-state index < -0.39 is 5.60 Å². The van der Waals surface area contributed by atoms with Crippen LogP contribution in [0.1, 0.15) is 75.8 Å². The van der Waals surface area contributed by atoms with Crippen LogP contribution in [0.2, 0.25) is 0 Å². The molecule has 0 heterocycles. The number of ketones is 1. The molecule has 0 amide bonds. The number of rotatable bonds is 4. The average molecular weight is 506 g/mol. The molecule has 2 fully saturated rings. The molecule has 5 atom stereocenters. The summed E-state index contributed by atoms with van der Waals surface area (Å²) in [7, 11) is 2.15. The largest absolute Gasteiger partial charge is 0.377 e. The number of benzene rings is 2. The molecule has 0 saturated heterocycles. The zero-order valence-corrected chi connectivity index (χ0v) is 23.0. The van der Waals surface area contributed by atoms with E-state index in [4.69, 9.17) is 0 Å². The van der Waals surface area contributed by atoms with Crippen LogP contribution >= 0.6 is 0 Å². The van der Waals surface area contributed by atoms with Crippen LogP contribution in [0.15, 0.2) is 77.4 Å². The second-order valence-corrected chi connectivity index (χ2v) is 12.2. The molecule has 2 aromatic rings. The highest BCUT2D eigenvalue weighted by molar-refractivity contribution is 5.93. The van der Waals surface area contributed by atoms with Crippen molar-refractivity contribution in [3.05, 3.63) is 88.5 Å². The minimum absolute atomic E-state index is 0.241. The summed E-state index contributed by atoms with van der Waals surface area (Å²) in [5.74, 6) is 7.73. The zero-order valence-electron chi connectivity index (χ0n) is 23.0. The van der Waals surface area contributed by atoms with Crippen molar-refractivity contribution in [3.63, 3.8) is 0 Å². The van der Waals surface area contributed by atoms with Crippen LogP contribution in [0.3, 0.4) is 0 Å².